The first kappa shape index (κ1) is 12.5. The zero-order chi connectivity index (χ0) is 11.9. The van der Waals surface area contributed by atoms with Crippen molar-refractivity contribution in [3.63, 3.8) is 0 Å². The molecule has 4 nitrogen and oxygen atoms in total. The third-order valence-corrected chi connectivity index (χ3v) is 3.22. The minimum Gasteiger partial charge on any atom is -0.380 e. The first-order valence-corrected chi connectivity index (χ1v) is 6.23. The minimum absolute atomic E-state index is 0.438. The summed E-state index contributed by atoms with van der Waals surface area (Å²) in [4.78, 5) is 6.54. The van der Waals surface area contributed by atoms with Crippen LogP contribution in [0.25, 0.3) is 0 Å². The molecular weight excluding hydrogens is 214 g/mol. The Bertz CT molecular complexity index is 318. The Balaban J connectivity index is 1.58. The van der Waals surface area contributed by atoms with Crippen molar-refractivity contribution in [2.75, 3.05) is 33.3 Å². The molecule has 0 saturated carbocycles. The molecule has 4 heteroatoms. The molecule has 0 aliphatic carbocycles. The molecule has 1 atom stereocenters. The van der Waals surface area contributed by atoms with Crippen LogP contribution in [0.3, 0.4) is 0 Å². The van der Waals surface area contributed by atoms with Crippen LogP contribution in [0.15, 0.2) is 24.5 Å². The molecule has 1 aliphatic rings. The van der Waals surface area contributed by atoms with Gasteiger partial charge in [0.15, 0.2) is 0 Å². The molecule has 1 saturated heterocycles. The second kappa shape index (κ2) is 6.69. The summed E-state index contributed by atoms with van der Waals surface area (Å²) in [6.07, 6.45) is 5.31. The maximum absolute atomic E-state index is 5.35. The number of likely N-dealkylation sites (tertiary alicyclic amines) is 1. The van der Waals surface area contributed by atoms with Gasteiger partial charge in [-0.25, -0.2) is 0 Å². The van der Waals surface area contributed by atoms with Gasteiger partial charge in [-0.15, -0.1) is 0 Å². The quantitative estimate of drug-likeness (QED) is 0.743. The van der Waals surface area contributed by atoms with Crippen LogP contribution < -0.4 is 5.32 Å². The lowest BCUT2D eigenvalue weighted by molar-refractivity contribution is 0.108. The standard InChI is InChI=1S/C13H21N3O/c1-17-13-4-7-16(11-13)8-6-15-10-12-3-2-5-14-9-12/h2-3,5,9,13,15H,4,6-8,10-11H2,1H3. The molecule has 94 valence electrons. The first-order valence-electron chi connectivity index (χ1n) is 6.23. The number of hydrogen-bond acceptors (Lipinski definition) is 4. The van der Waals surface area contributed by atoms with Crippen molar-refractivity contribution in [1.29, 1.82) is 0 Å². The Labute approximate surface area is 103 Å². The van der Waals surface area contributed by atoms with Gasteiger partial charge in [0, 0.05) is 52.2 Å². The van der Waals surface area contributed by atoms with E-state index in [1.165, 1.54) is 12.0 Å². The Kier molecular flexibility index (Phi) is 4.91. The number of rotatable bonds is 6. The van der Waals surface area contributed by atoms with Crippen molar-refractivity contribution in [3.8, 4) is 0 Å². The van der Waals surface area contributed by atoms with E-state index < -0.39 is 0 Å². The third-order valence-electron chi connectivity index (χ3n) is 3.22. The van der Waals surface area contributed by atoms with Gasteiger partial charge in [-0.1, -0.05) is 6.07 Å². The van der Waals surface area contributed by atoms with Gasteiger partial charge >= 0.3 is 0 Å². The smallest absolute Gasteiger partial charge is 0.0710 e. The van der Waals surface area contributed by atoms with E-state index in [1.807, 2.05) is 12.3 Å². The van der Waals surface area contributed by atoms with Crippen LogP contribution in [0.1, 0.15) is 12.0 Å². The van der Waals surface area contributed by atoms with E-state index in [2.05, 4.69) is 21.3 Å². The summed E-state index contributed by atoms with van der Waals surface area (Å²) in [7, 11) is 1.80. The molecule has 0 aromatic carbocycles. The number of hydrogen-bond donors (Lipinski definition) is 1. The predicted molar refractivity (Wildman–Crippen MR) is 67.8 cm³/mol. The molecule has 2 rings (SSSR count). The van der Waals surface area contributed by atoms with Crippen LogP contribution in [-0.4, -0.2) is 49.3 Å². The first-order chi connectivity index (χ1) is 8.38. The summed E-state index contributed by atoms with van der Waals surface area (Å²) in [6.45, 7) is 5.25. The van der Waals surface area contributed by atoms with E-state index >= 15 is 0 Å². The molecule has 1 unspecified atom stereocenters. The van der Waals surface area contributed by atoms with Gasteiger partial charge in [-0.2, -0.15) is 0 Å². The lowest BCUT2D eigenvalue weighted by Gasteiger charge is -2.15. The molecular formula is C13H21N3O. The van der Waals surface area contributed by atoms with Crippen molar-refractivity contribution in [2.24, 2.45) is 0 Å². The summed E-state index contributed by atoms with van der Waals surface area (Å²) >= 11 is 0. The van der Waals surface area contributed by atoms with Crippen LogP contribution in [-0.2, 0) is 11.3 Å². The average molecular weight is 235 g/mol. The highest BCUT2D eigenvalue weighted by Crippen LogP contribution is 2.10. The number of methoxy groups -OCH3 is 1. The van der Waals surface area contributed by atoms with E-state index in [9.17, 15) is 0 Å². The van der Waals surface area contributed by atoms with E-state index in [0.29, 0.717) is 6.10 Å². The molecule has 1 N–H and O–H groups in total. The summed E-state index contributed by atoms with van der Waals surface area (Å²) in [5, 5.41) is 3.44. The van der Waals surface area contributed by atoms with Crippen molar-refractivity contribution >= 4 is 0 Å². The van der Waals surface area contributed by atoms with E-state index in [0.717, 1.165) is 32.7 Å². The van der Waals surface area contributed by atoms with Crippen LogP contribution in [0.5, 0.6) is 0 Å². The molecule has 0 spiro atoms. The molecule has 0 amide bonds. The van der Waals surface area contributed by atoms with Gasteiger partial charge in [-0.05, 0) is 18.1 Å². The number of nitrogens with one attached hydrogen (secondary N) is 1. The molecule has 1 aromatic rings. The number of pyridine rings is 1. The predicted octanol–water partition coefficient (Wildman–Crippen LogP) is 0.892. The van der Waals surface area contributed by atoms with Crippen molar-refractivity contribution < 1.29 is 4.74 Å². The third kappa shape index (κ3) is 4.07. The van der Waals surface area contributed by atoms with Crippen molar-refractivity contribution in [2.45, 2.75) is 19.1 Å². The molecule has 0 bridgehead atoms. The number of ether oxygens (including phenoxy) is 1. The lowest BCUT2D eigenvalue weighted by atomic mass is 10.3. The summed E-state index contributed by atoms with van der Waals surface area (Å²) in [5.41, 5.74) is 1.24. The average Bonchev–Trinajstić information content (AvgIpc) is 2.84. The van der Waals surface area contributed by atoms with E-state index in [4.69, 9.17) is 4.74 Å². The Morgan fingerprint density at radius 1 is 1.59 bits per heavy atom. The van der Waals surface area contributed by atoms with Crippen molar-refractivity contribution in [1.82, 2.24) is 15.2 Å². The second-order valence-electron chi connectivity index (χ2n) is 4.49. The molecule has 17 heavy (non-hydrogen) atoms. The Hall–Kier alpha value is -0.970. The molecule has 2 heterocycles. The second-order valence-corrected chi connectivity index (χ2v) is 4.49. The van der Waals surface area contributed by atoms with Crippen LogP contribution >= 0.6 is 0 Å². The Morgan fingerprint density at radius 2 is 2.53 bits per heavy atom. The zero-order valence-corrected chi connectivity index (χ0v) is 10.4. The minimum atomic E-state index is 0.438. The van der Waals surface area contributed by atoms with Crippen LogP contribution in [0.2, 0.25) is 0 Å². The van der Waals surface area contributed by atoms with E-state index in [1.54, 1.807) is 13.3 Å². The highest BCUT2D eigenvalue weighted by Gasteiger charge is 2.20. The number of nitrogens with zero attached hydrogens (tertiary/aromatic N) is 2. The van der Waals surface area contributed by atoms with Gasteiger partial charge < -0.3 is 10.1 Å². The van der Waals surface area contributed by atoms with Gasteiger partial charge in [-0.3, -0.25) is 9.88 Å². The fourth-order valence-electron chi connectivity index (χ4n) is 2.17. The largest absolute Gasteiger partial charge is 0.380 e. The maximum atomic E-state index is 5.35. The molecule has 1 aliphatic heterocycles. The van der Waals surface area contributed by atoms with Gasteiger partial charge in [0.2, 0.25) is 0 Å². The fraction of sp³-hybridized carbons (Fsp3) is 0.615. The number of aromatic nitrogens is 1. The lowest BCUT2D eigenvalue weighted by Crippen LogP contribution is -2.31. The zero-order valence-electron chi connectivity index (χ0n) is 10.4. The van der Waals surface area contributed by atoms with E-state index in [-0.39, 0.29) is 0 Å². The summed E-state index contributed by atoms with van der Waals surface area (Å²) in [6, 6.07) is 4.07. The maximum Gasteiger partial charge on any atom is 0.0710 e. The van der Waals surface area contributed by atoms with Gasteiger partial charge in [0.05, 0.1) is 6.10 Å². The van der Waals surface area contributed by atoms with Gasteiger partial charge in [0.25, 0.3) is 0 Å². The summed E-state index contributed by atoms with van der Waals surface area (Å²) in [5.74, 6) is 0. The Morgan fingerprint density at radius 3 is 3.24 bits per heavy atom. The fourth-order valence-corrected chi connectivity index (χ4v) is 2.17. The highest BCUT2D eigenvalue weighted by molar-refractivity contribution is 5.07. The van der Waals surface area contributed by atoms with Gasteiger partial charge in [0.1, 0.15) is 0 Å². The highest BCUT2D eigenvalue weighted by atomic mass is 16.5. The normalized spacial score (nSPS) is 20.9. The molecule has 1 aromatic heterocycles. The van der Waals surface area contributed by atoms with Crippen LogP contribution in [0.4, 0.5) is 0 Å². The topological polar surface area (TPSA) is 37.4 Å². The monoisotopic (exact) mass is 235 g/mol. The summed E-state index contributed by atoms with van der Waals surface area (Å²) < 4.78 is 5.35. The molecule has 1 fully saturated rings. The SMILES string of the molecule is COC1CCN(CCNCc2cccnc2)C1. The molecule has 0 radical (unpaired) electrons. The van der Waals surface area contributed by atoms with Crippen molar-refractivity contribution in [3.05, 3.63) is 30.1 Å². The van der Waals surface area contributed by atoms with Crippen LogP contribution in [0, 0.1) is 0 Å².